The number of likely N-dealkylation sites (tertiary alicyclic amines) is 1. The molecule has 0 radical (unpaired) electrons. The second-order valence-electron chi connectivity index (χ2n) is 9.75. The van der Waals surface area contributed by atoms with Gasteiger partial charge in [0, 0.05) is 45.1 Å². The van der Waals surface area contributed by atoms with Crippen molar-refractivity contribution in [1.82, 2.24) is 20.4 Å². The van der Waals surface area contributed by atoms with Crippen LogP contribution in [0.5, 0.6) is 0 Å². The topological polar surface area (TPSA) is 64.7 Å². The summed E-state index contributed by atoms with van der Waals surface area (Å²) < 4.78 is 0. The first-order chi connectivity index (χ1) is 15.1. The molecule has 0 saturated carbocycles. The molecule has 3 heterocycles. The Balaban J connectivity index is 1.57. The zero-order valence-corrected chi connectivity index (χ0v) is 19.0. The lowest BCUT2D eigenvalue weighted by Gasteiger charge is -2.50. The molecule has 31 heavy (non-hydrogen) atoms. The van der Waals surface area contributed by atoms with Gasteiger partial charge < -0.3 is 15.5 Å². The van der Waals surface area contributed by atoms with Gasteiger partial charge in [0.15, 0.2) is 0 Å². The van der Waals surface area contributed by atoms with E-state index < -0.39 is 0 Å². The van der Waals surface area contributed by atoms with Gasteiger partial charge in [0.1, 0.15) is 0 Å². The molecule has 2 amide bonds. The highest BCUT2D eigenvalue weighted by atomic mass is 16.2. The normalized spacial score (nSPS) is 25.1. The van der Waals surface area contributed by atoms with E-state index in [9.17, 15) is 9.59 Å². The molecule has 2 fully saturated rings. The van der Waals surface area contributed by atoms with Crippen molar-refractivity contribution in [3.63, 3.8) is 0 Å². The monoisotopic (exact) mass is 426 g/mol. The van der Waals surface area contributed by atoms with E-state index in [1.807, 2.05) is 0 Å². The Hall–Kier alpha value is -1.92. The summed E-state index contributed by atoms with van der Waals surface area (Å²) in [5.74, 6) is 0.821. The van der Waals surface area contributed by atoms with Crippen LogP contribution in [0.1, 0.15) is 56.6 Å². The Morgan fingerprint density at radius 3 is 2.71 bits per heavy atom. The number of nitrogens with one attached hydrogen (secondary N) is 2. The molecule has 0 aliphatic carbocycles. The minimum absolute atomic E-state index is 0.0272. The average Bonchev–Trinajstić information content (AvgIpc) is 2.93. The van der Waals surface area contributed by atoms with Crippen LogP contribution in [0.4, 0.5) is 0 Å². The molecule has 6 heteroatoms. The van der Waals surface area contributed by atoms with Crippen molar-refractivity contribution in [2.45, 2.75) is 64.0 Å². The number of fused-ring (bicyclic) bond motifs is 1. The number of hydrogen-bond acceptors (Lipinski definition) is 4. The van der Waals surface area contributed by atoms with E-state index in [0.717, 1.165) is 51.5 Å². The zero-order valence-electron chi connectivity index (χ0n) is 19.0. The van der Waals surface area contributed by atoms with Gasteiger partial charge in [-0.1, -0.05) is 30.7 Å². The van der Waals surface area contributed by atoms with Gasteiger partial charge in [0.05, 0.1) is 0 Å². The fraction of sp³-hybridized carbons (Fsp3) is 0.680. The lowest BCUT2D eigenvalue weighted by Crippen LogP contribution is -2.60. The Morgan fingerprint density at radius 2 is 1.94 bits per heavy atom. The maximum absolute atomic E-state index is 13.2. The zero-order chi connectivity index (χ0) is 21.7. The summed E-state index contributed by atoms with van der Waals surface area (Å²) >= 11 is 0. The van der Waals surface area contributed by atoms with Crippen LogP contribution < -0.4 is 10.6 Å². The van der Waals surface area contributed by atoms with Gasteiger partial charge >= 0.3 is 0 Å². The first-order valence-electron chi connectivity index (χ1n) is 12.1. The largest absolute Gasteiger partial charge is 0.356 e. The number of amides is 2. The second kappa shape index (κ2) is 10.1. The third kappa shape index (κ3) is 5.47. The summed E-state index contributed by atoms with van der Waals surface area (Å²) in [6.07, 6.45) is 7.55. The van der Waals surface area contributed by atoms with E-state index in [2.05, 4.69) is 44.7 Å². The van der Waals surface area contributed by atoms with Crippen molar-refractivity contribution in [2.24, 2.45) is 5.92 Å². The molecule has 4 rings (SSSR count). The molecular weight excluding hydrogens is 388 g/mol. The summed E-state index contributed by atoms with van der Waals surface area (Å²) in [5.41, 5.74) is 2.70. The van der Waals surface area contributed by atoms with E-state index in [1.165, 1.54) is 43.7 Å². The Kier molecular flexibility index (Phi) is 7.28. The number of carbonyl (C=O) groups is 2. The van der Waals surface area contributed by atoms with Crippen LogP contribution in [0.25, 0.3) is 0 Å². The molecular formula is C25H38N4O2. The summed E-state index contributed by atoms with van der Waals surface area (Å²) in [4.78, 5) is 29.3. The Bertz CT molecular complexity index is 777. The molecule has 3 aliphatic heterocycles. The standard InChI is InChI=1S/C25H38N4O2/c1-20(30)27-14-10-24(31)28-18-23-7-3-2-6-22(23)16-25(19-28)11-4-5-15-29(25)17-21-8-12-26-13-9-21/h2-3,6-7,21,26H,4-5,8-19H2,1H3,(H,27,30). The maximum atomic E-state index is 13.2. The van der Waals surface area contributed by atoms with Crippen LogP contribution in [0.15, 0.2) is 24.3 Å². The van der Waals surface area contributed by atoms with Crippen LogP contribution in [-0.4, -0.2) is 66.4 Å². The van der Waals surface area contributed by atoms with Crippen LogP contribution in [0.3, 0.4) is 0 Å². The number of carbonyl (C=O) groups excluding carboxylic acids is 2. The van der Waals surface area contributed by atoms with E-state index in [1.54, 1.807) is 0 Å². The minimum atomic E-state index is -0.0779. The highest BCUT2D eigenvalue weighted by molar-refractivity contribution is 5.78. The predicted octanol–water partition coefficient (Wildman–Crippen LogP) is 2.32. The van der Waals surface area contributed by atoms with Crippen LogP contribution in [0, 0.1) is 5.92 Å². The molecule has 170 valence electrons. The minimum Gasteiger partial charge on any atom is -0.356 e. The van der Waals surface area contributed by atoms with E-state index in [4.69, 9.17) is 0 Å². The third-order valence-corrected chi connectivity index (χ3v) is 7.48. The molecule has 6 nitrogen and oxygen atoms in total. The summed E-state index contributed by atoms with van der Waals surface area (Å²) in [7, 11) is 0. The molecule has 2 saturated heterocycles. The molecule has 1 atom stereocenters. The Morgan fingerprint density at radius 1 is 1.16 bits per heavy atom. The molecule has 3 aliphatic rings. The van der Waals surface area contributed by atoms with Gasteiger partial charge in [-0.3, -0.25) is 14.5 Å². The smallest absolute Gasteiger partial charge is 0.224 e. The molecule has 1 unspecified atom stereocenters. The lowest BCUT2D eigenvalue weighted by atomic mass is 9.79. The number of rotatable bonds is 5. The number of benzene rings is 1. The SMILES string of the molecule is CC(=O)NCCC(=O)N1Cc2ccccc2CC2(CCCCN2CC2CCNCC2)C1. The summed E-state index contributed by atoms with van der Waals surface area (Å²) in [6.45, 7) is 7.94. The van der Waals surface area contributed by atoms with Crippen LogP contribution in [0.2, 0.25) is 0 Å². The highest BCUT2D eigenvalue weighted by Gasteiger charge is 2.43. The van der Waals surface area contributed by atoms with Crippen LogP contribution >= 0.6 is 0 Å². The first kappa shape index (κ1) is 22.3. The van der Waals surface area contributed by atoms with Crippen molar-refractivity contribution in [3.05, 3.63) is 35.4 Å². The predicted molar refractivity (Wildman–Crippen MR) is 123 cm³/mol. The van der Waals surface area contributed by atoms with Gasteiger partial charge in [0.2, 0.25) is 11.8 Å². The number of nitrogens with zero attached hydrogens (tertiary/aromatic N) is 2. The summed E-state index contributed by atoms with van der Waals surface area (Å²) in [6, 6.07) is 8.67. The van der Waals surface area contributed by atoms with Crippen LogP contribution in [-0.2, 0) is 22.6 Å². The molecule has 1 aromatic carbocycles. The lowest BCUT2D eigenvalue weighted by molar-refractivity contribution is -0.134. The van der Waals surface area contributed by atoms with E-state index >= 15 is 0 Å². The van der Waals surface area contributed by atoms with Gasteiger partial charge in [0.25, 0.3) is 0 Å². The highest BCUT2D eigenvalue weighted by Crippen LogP contribution is 2.37. The molecule has 0 aromatic heterocycles. The van der Waals surface area contributed by atoms with Gasteiger partial charge in [-0.2, -0.15) is 0 Å². The fourth-order valence-electron chi connectivity index (χ4n) is 5.78. The first-order valence-corrected chi connectivity index (χ1v) is 12.1. The second-order valence-corrected chi connectivity index (χ2v) is 9.75. The van der Waals surface area contributed by atoms with E-state index in [0.29, 0.717) is 19.5 Å². The van der Waals surface area contributed by atoms with Gasteiger partial charge in [-0.05, 0) is 68.8 Å². The maximum Gasteiger partial charge on any atom is 0.224 e. The van der Waals surface area contributed by atoms with Crippen molar-refractivity contribution in [1.29, 1.82) is 0 Å². The quantitative estimate of drug-likeness (QED) is 0.759. The number of hydrogen-bond donors (Lipinski definition) is 2. The van der Waals surface area contributed by atoms with Gasteiger partial charge in [-0.25, -0.2) is 0 Å². The fourth-order valence-corrected chi connectivity index (χ4v) is 5.78. The third-order valence-electron chi connectivity index (χ3n) is 7.48. The molecule has 1 aromatic rings. The summed E-state index contributed by atoms with van der Waals surface area (Å²) in [5, 5.41) is 6.28. The van der Waals surface area contributed by atoms with Crippen molar-refractivity contribution in [2.75, 3.05) is 39.3 Å². The average molecular weight is 427 g/mol. The van der Waals surface area contributed by atoms with E-state index in [-0.39, 0.29) is 17.4 Å². The molecule has 1 spiro atoms. The van der Waals surface area contributed by atoms with Crippen molar-refractivity contribution >= 4 is 11.8 Å². The van der Waals surface area contributed by atoms with Gasteiger partial charge in [-0.15, -0.1) is 0 Å². The van der Waals surface area contributed by atoms with Crippen molar-refractivity contribution in [3.8, 4) is 0 Å². The molecule has 0 bridgehead atoms. The molecule has 2 N–H and O–H groups in total. The number of piperidine rings is 2. The Labute approximate surface area is 186 Å². The van der Waals surface area contributed by atoms with Crippen molar-refractivity contribution < 1.29 is 9.59 Å².